The van der Waals surface area contributed by atoms with E-state index in [1.165, 1.54) is 5.06 Å². The fraction of sp³-hybridized carbons (Fsp3) is 0.818. The molecule has 1 N–H and O–H groups in total. The van der Waals surface area contributed by atoms with Crippen LogP contribution in [0.1, 0.15) is 34.1 Å². The normalized spacial score (nSPS) is 20.6. The van der Waals surface area contributed by atoms with Gasteiger partial charge in [0.2, 0.25) is 5.91 Å². The molecule has 1 saturated heterocycles. The molecule has 1 aliphatic rings. The Morgan fingerprint density at radius 3 is 2.71 bits per heavy atom. The molecule has 6 heteroatoms. The number of hydroxylamine groups is 2. The van der Waals surface area contributed by atoms with Gasteiger partial charge >= 0.3 is 6.09 Å². The molecule has 2 amide bonds. The zero-order valence-corrected chi connectivity index (χ0v) is 10.8. The molecule has 0 aromatic heterocycles. The van der Waals surface area contributed by atoms with Crippen molar-refractivity contribution in [2.45, 2.75) is 45.8 Å². The predicted octanol–water partition coefficient (Wildman–Crippen LogP) is 1.06. The third-order valence-corrected chi connectivity index (χ3v) is 2.12. The van der Waals surface area contributed by atoms with Gasteiger partial charge in [0.15, 0.2) is 0 Å². The lowest BCUT2D eigenvalue weighted by Gasteiger charge is -2.20. The van der Waals surface area contributed by atoms with Gasteiger partial charge in [-0.3, -0.25) is 9.63 Å². The van der Waals surface area contributed by atoms with Crippen LogP contribution in [-0.2, 0) is 14.4 Å². The first-order valence-electron chi connectivity index (χ1n) is 5.76. The molecule has 0 aromatic carbocycles. The van der Waals surface area contributed by atoms with Crippen LogP contribution in [0.15, 0.2) is 0 Å². The fourth-order valence-electron chi connectivity index (χ4n) is 1.44. The first-order chi connectivity index (χ1) is 7.81. The van der Waals surface area contributed by atoms with E-state index in [0.717, 1.165) is 0 Å². The number of nitrogens with one attached hydrogen (secondary N) is 1. The minimum Gasteiger partial charge on any atom is -0.444 e. The van der Waals surface area contributed by atoms with E-state index in [2.05, 4.69) is 5.32 Å². The zero-order chi connectivity index (χ0) is 13.1. The highest BCUT2D eigenvalue weighted by Gasteiger charge is 2.30. The van der Waals surface area contributed by atoms with Crippen LogP contribution in [0.3, 0.4) is 0 Å². The molecule has 1 rings (SSSR count). The number of carbonyl (C=O) groups excluding carboxylic acids is 2. The molecule has 0 bridgehead atoms. The van der Waals surface area contributed by atoms with E-state index in [0.29, 0.717) is 13.0 Å². The molecular formula is C11H20N2O4. The molecule has 0 spiro atoms. The van der Waals surface area contributed by atoms with Crippen LogP contribution in [0.5, 0.6) is 0 Å². The Morgan fingerprint density at radius 2 is 2.24 bits per heavy atom. The molecule has 1 aliphatic heterocycles. The third kappa shape index (κ3) is 4.60. The zero-order valence-electron chi connectivity index (χ0n) is 10.8. The maximum absolute atomic E-state index is 11.4. The second-order valence-corrected chi connectivity index (χ2v) is 4.90. The maximum Gasteiger partial charge on any atom is 0.407 e. The number of ether oxygens (including phenoxy) is 1. The third-order valence-electron chi connectivity index (χ3n) is 2.12. The van der Waals surface area contributed by atoms with Gasteiger partial charge in [-0.2, -0.15) is 0 Å². The van der Waals surface area contributed by atoms with Gasteiger partial charge in [0.05, 0.1) is 13.0 Å². The summed E-state index contributed by atoms with van der Waals surface area (Å²) in [5.41, 5.74) is -0.522. The summed E-state index contributed by atoms with van der Waals surface area (Å²) in [6, 6.07) is 0. The van der Waals surface area contributed by atoms with Gasteiger partial charge in [-0.1, -0.05) is 0 Å². The number of rotatable bonds is 3. The van der Waals surface area contributed by atoms with Crippen molar-refractivity contribution in [3.63, 3.8) is 0 Å². The molecule has 0 saturated carbocycles. The number of alkyl carbamates (subject to hydrolysis) is 1. The van der Waals surface area contributed by atoms with Crippen LogP contribution in [0.2, 0.25) is 0 Å². The molecule has 6 nitrogen and oxygen atoms in total. The Bertz CT molecular complexity index is 298. The fourth-order valence-corrected chi connectivity index (χ4v) is 1.44. The molecular weight excluding hydrogens is 224 g/mol. The molecule has 0 aliphatic carbocycles. The Hall–Kier alpha value is -1.30. The minimum absolute atomic E-state index is 0.0523. The van der Waals surface area contributed by atoms with Gasteiger partial charge in [0.25, 0.3) is 0 Å². The molecule has 1 unspecified atom stereocenters. The summed E-state index contributed by atoms with van der Waals surface area (Å²) in [6.07, 6.45) is -0.498. The van der Waals surface area contributed by atoms with Gasteiger partial charge in [0, 0.05) is 6.54 Å². The van der Waals surface area contributed by atoms with Crippen LogP contribution < -0.4 is 5.32 Å². The second kappa shape index (κ2) is 5.35. The van der Waals surface area contributed by atoms with Gasteiger partial charge < -0.3 is 10.1 Å². The SMILES string of the molecule is CCN1OC(CNC(=O)OC(C)(C)C)CC1=O. The van der Waals surface area contributed by atoms with Crippen LogP contribution in [0, 0.1) is 0 Å². The highest BCUT2D eigenvalue weighted by atomic mass is 16.7. The van der Waals surface area contributed by atoms with Crippen molar-refractivity contribution in [3.8, 4) is 0 Å². The monoisotopic (exact) mass is 244 g/mol. The largest absolute Gasteiger partial charge is 0.444 e. The standard InChI is InChI=1S/C11H20N2O4/c1-5-13-9(14)6-8(17-13)7-12-10(15)16-11(2,3)4/h8H,5-7H2,1-4H3,(H,12,15). The van der Waals surface area contributed by atoms with E-state index in [1.807, 2.05) is 6.92 Å². The maximum atomic E-state index is 11.4. The van der Waals surface area contributed by atoms with E-state index in [1.54, 1.807) is 20.8 Å². The van der Waals surface area contributed by atoms with Gasteiger partial charge in [-0.05, 0) is 27.7 Å². The summed E-state index contributed by atoms with van der Waals surface area (Å²) >= 11 is 0. The Balaban J connectivity index is 2.28. The smallest absolute Gasteiger partial charge is 0.407 e. The first kappa shape index (κ1) is 13.8. The molecule has 98 valence electrons. The van der Waals surface area contributed by atoms with E-state index in [9.17, 15) is 9.59 Å². The molecule has 1 atom stereocenters. The predicted molar refractivity (Wildman–Crippen MR) is 61.1 cm³/mol. The summed E-state index contributed by atoms with van der Waals surface area (Å²) in [6.45, 7) is 8.00. The average Bonchev–Trinajstić information content (AvgIpc) is 2.53. The number of hydrogen-bond acceptors (Lipinski definition) is 4. The Labute approximate surface area is 101 Å². The highest BCUT2D eigenvalue weighted by Crippen LogP contribution is 2.14. The van der Waals surface area contributed by atoms with Crippen LogP contribution in [0.25, 0.3) is 0 Å². The van der Waals surface area contributed by atoms with Crippen LogP contribution in [0.4, 0.5) is 4.79 Å². The van der Waals surface area contributed by atoms with E-state index in [-0.39, 0.29) is 18.6 Å². The number of hydrogen-bond donors (Lipinski definition) is 1. The number of amides is 2. The minimum atomic E-state index is -0.522. The first-order valence-corrected chi connectivity index (χ1v) is 5.76. The van der Waals surface area contributed by atoms with Crippen molar-refractivity contribution >= 4 is 12.0 Å². The van der Waals surface area contributed by atoms with Crippen molar-refractivity contribution in [1.29, 1.82) is 0 Å². The van der Waals surface area contributed by atoms with Crippen molar-refractivity contribution in [2.75, 3.05) is 13.1 Å². The van der Waals surface area contributed by atoms with Crippen LogP contribution >= 0.6 is 0 Å². The topological polar surface area (TPSA) is 67.9 Å². The van der Waals surface area contributed by atoms with Gasteiger partial charge in [0.1, 0.15) is 11.7 Å². The van der Waals surface area contributed by atoms with Gasteiger partial charge in [-0.15, -0.1) is 0 Å². The molecule has 0 radical (unpaired) electrons. The lowest BCUT2D eigenvalue weighted by molar-refractivity contribution is -0.170. The van der Waals surface area contributed by atoms with Crippen molar-refractivity contribution in [2.24, 2.45) is 0 Å². The van der Waals surface area contributed by atoms with Gasteiger partial charge in [-0.25, -0.2) is 9.86 Å². The summed E-state index contributed by atoms with van der Waals surface area (Å²) < 4.78 is 5.07. The highest BCUT2D eigenvalue weighted by molar-refractivity contribution is 5.77. The number of carbonyl (C=O) groups is 2. The quantitative estimate of drug-likeness (QED) is 0.806. The van der Waals surface area contributed by atoms with Crippen molar-refractivity contribution < 1.29 is 19.2 Å². The molecule has 1 fully saturated rings. The number of nitrogens with zero attached hydrogens (tertiary/aromatic N) is 1. The summed E-state index contributed by atoms with van der Waals surface area (Å²) in [7, 11) is 0. The van der Waals surface area contributed by atoms with E-state index in [4.69, 9.17) is 9.57 Å². The van der Waals surface area contributed by atoms with Crippen LogP contribution in [-0.4, -0.2) is 41.9 Å². The molecule has 17 heavy (non-hydrogen) atoms. The molecule has 0 aromatic rings. The lowest BCUT2D eigenvalue weighted by Crippen LogP contribution is -2.37. The summed E-state index contributed by atoms with van der Waals surface area (Å²) in [5.74, 6) is -0.0523. The summed E-state index contributed by atoms with van der Waals surface area (Å²) in [4.78, 5) is 28.0. The van der Waals surface area contributed by atoms with Crippen molar-refractivity contribution in [1.82, 2.24) is 10.4 Å². The second-order valence-electron chi connectivity index (χ2n) is 4.90. The average molecular weight is 244 g/mol. The Morgan fingerprint density at radius 1 is 1.59 bits per heavy atom. The summed E-state index contributed by atoms with van der Waals surface area (Å²) in [5, 5.41) is 3.89. The van der Waals surface area contributed by atoms with E-state index < -0.39 is 11.7 Å². The van der Waals surface area contributed by atoms with E-state index >= 15 is 0 Å². The Kier molecular flexibility index (Phi) is 4.34. The lowest BCUT2D eigenvalue weighted by atomic mass is 10.2. The molecule has 1 heterocycles. The van der Waals surface area contributed by atoms with Crippen molar-refractivity contribution in [3.05, 3.63) is 0 Å².